The number of aryl methyl sites for hydroxylation is 1. The number of fused-ring (bicyclic) bond motifs is 3. The number of unbranched alkanes of at least 4 members (excludes halogenated alkanes) is 1. The minimum atomic E-state index is -0.469. The number of hydrogen-bond acceptors (Lipinski definition) is 4. The summed E-state index contributed by atoms with van der Waals surface area (Å²) in [5, 5.41) is 7.10. The number of hydrogen-bond donors (Lipinski definition) is 1. The highest BCUT2D eigenvalue weighted by molar-refractivity contribution is 6.33. The number of ether oxygens (including phenoxy) is 2. The summed E-state index contributed by atoms with van der Waals surface area (Å²) in [6.07, 6.45) is 6.05. The van der Waals surface area contributed by atoms with E-state index in [1.807, 2.05) is 19.2 Å². The monoisotopic (exact) mass is 515 g/mol. The van der Waals surface area contributed by atoms with Crippen LogP contribution in [-0.4, -0.2) is 23.2 Å². The molecule has 2 unspecified atom stereocenters. The number of halogens is 3. The van der Waals surface area contributed by atoms with Crippen molar-refractivity contribution in [3.05, 3.63) is 75.4 Å². The van der Waals surface area contributed by atoms with Crippen molar-refractivity contribution < 1.29 is 28.2 Å². The second-order valence-electron chi connectivity index (χ2n) is 9.14. The smallest absolute Gasteiger partial charge is 0.290 e. The highest BCUT2D eigenvalue weighted by Gasteiger charge is 2.45. The Morgan fingerprint density at radius 2 is 1.92 bits per heavy atom. The lowest BCUT2D eigenvalue weighted by Crippen LogP contribution is -2.03. The molecule has 2 atom stereocenters. The zero-order valence-corrected chi connectivity index (χ0v) is 20.9. The summed E-state index contributed by atoms with van der Waals surface area (Å²) in [6.45, 7) is 4.13. The van der Waals surface area contributed by atoms with E-state index >= 15 is 0 Å². The fourth-order valence-electron chi connectivity index (χ4n) is 4.66. The summed E-state index contributed by atoms with van der Waals surface area (Å²) >= 11 is 6.35. The van der Waals surface area contributed by atoms with Gasteiger partial charge in [-0.15, -0.1) is 0 Å². The lowest BCUT2D eigenvalue weighted by atomic mass is 9.98. The van der Waals surface area contributed by atoms with Crippen molar-refractivity contribution in [3.8, 4) is 22.8 Å². The van der Waals surface area contributed by atoms with Gasteiger partial charge in [-0.1, -0.05) is 24.9 Å². The Hall–Kier alpha value is -3.19. The van der Waals surface area contributed by atoms with Crippen molar-refractivity contribution in [2.45, 2.75) is 52.1 Å². The van der Waals surface area contributed by atoms with Crippen molar-refractivity contribution in [3.63, 3.8) is 0 Å². The molecule has 2 aliphatic carbocycles. The van der Waals surface area contributed by atoms with E-state index in [-0.39, 0.29) is 23.9 Å². The summed E-state index contributed by atoms with van der Waals surface area (Å²) in [7, 11) is 0. The van der Waals surface area contributed by atoms with Crippen molar-refractivity contribution in [1.82, 2.24) is 4.98 Å². The van der Waals surface area contributed by atoms with E-state index in [9.17, 15) is 8.78 Å². The van der Waals surface area contributed by atoms with E-state index < -0.39 is 11.6 Å². The maximum Gasteiger partial charge on any atom is 0.290 e. The number of carbonyl (C=O) groups is 1. The molecule has 0 bridgehead atoms. The van der Waals surface area contributed by atoms with Gasteiger partial charge in [0.05, 0.1) is 11.6 Å². The Labute approximate surface area is 214 Å². The van der Waals surface area contributed by atoms with E-state index in [0.29, 0.717) is 35.1 Å². The SMILES string of the molecule is CCCCOc1cc(C)c(-c2cc(COc3cc4c(cn3)C3CC3C4)c(F)cc2Cl)cc1F.O=CO. The minimum Gasteiger partial charge on any atom is -0.491 e. The van der Waals surface area contributed by atoms with Gasteiger partial charge in [-0.2, -0.15) is 0 Å². The fraction of sp³-hybridized carbons (Fsp3) is 0.357. The quantitative estimate of drug-likeness (QED) is 0.256. The van der Waals surface area contributed by atoms with Crippen LogP contribution in [0.1, 0.15) is 54.4 Å². The van der Waals surface area contributed by atoms with Crippen LogP contribution in [0.15, 0.2) is 36.5 Å². The van der Waals surface area contributed by atoms with Gasteiger partial charge in [-0.05, 0) is 84.5 Å². The van der Waals surface area contributed by atoms with Crippen molar-refractivity contribution in [2.24, 2.45) is 5.92 Å². The molecule has 1 heterocycles. The van der Waals surface area contributed by atoms with Crippen LogP contribution in [0, 0.1) is 24.5 Å². The number of carboxylic acid groups (broad SMARTS) is 1. The maximum atomic E-state index is 14.7. The standard InChI is InChI=1S/C27H26ClF2NO2.CH2O2/c1-3-4-5-32-26-6-15(2)19(11-25(26)30)21-9-18(24(29)12-23(21)28)14-33-27-10-17-7-16-8-20(16)22(17)13-31-27;2-1-3/h6,9-13,16,20H,3-5,7-8,14H2,1-2H3;1H,(H,2,3). The molecular formula is C28H28ClF2NO4. The number of nitrogens with zero attached hydrogens (tertiary/aromatic N) is 1. The highest BCUT2D eigenvalue weighted by atomic mass is 35.5. The Kier molecular flexibility index (Phi) is 8.09. The van der Waals surface area contributed by atoms with E-state index in [1.54, 1.807) is 12.1 Å². The van der Waals surface area contributed by atoms with Crippen molar-refractivity contribution in [2.75, 3.05) is 6.61 Å². The van der Waals surface area contributed by atoms with Gasteiger partial charge in [0.1, 0.15) is 12.4 Å². The van der Waals surface area contributed by atoms with E-state index in [4.69, 9.17) is 31.0 Å². The Morgan fingerprint density at radius 3 is 2.67 bits per heavy atom. The molecule has 0 spiro atoms. The van der Waals surface area contributed by atoms with E-state index in [2.05, 4.69) is 11.9 Å². The first kappa shape index (κ1) is 25.9. The molecule has 1 N–H and O–H groups in total. The maximum absolute atomic E-state index is 14.7. The van der Waals surface area contributed by atoms with Gasteiger partial charge >= 0.3 is 0 Å². The average Bonchev–Trinajstić information content (AvgIpc) is 3.52. The fourth-order valence-corrected chi connectivity index (χ4v) is 4.91. The largest absolute Gasteiger partial charge is 0.491 e. The molecule has 2 aromatic carbocycles. The molecule has 0 amide bonds. The van der Waals surface area contributed by atoms with Gasteiger partial charge in [-0.25, -0.2) is 13.8 Å². The lowest BCUT2D eigenvalue weighted by molar-refractivity contribution is -0.122. The number of aromatic nitrogens is 1. The molecule has 5 rings (SSSR count). The highest BCUT2D eigenvalue weighted by Crippen LogP contribution is 2.56. The molecule has 36 heavy (non-hydrogen) atoms. The third-order valence-electron chi connectivity index (χ3n) is 6.64. The van der Waals surface area contributed by atoms with E-state index in [1.165, 1.54) is 29.7 Å². The van der Waals surface area contributed by atoms with Gasteiger partial charge < -0.3 is 14.6 Å². The molecule has 5 nitrogen and oxygen atoms in total. The van der Waals surface area contributed by atoms with Crippen LogP contribution in [0.4, 0.5) is 8.78 Å². The minimum absolute atomic E-state index is 0.00832. The molecule has 0 radical (unpaired) electrons. The summed E-state index contributed by atoms with van der Waals surface area (Å²) in [6, 6.07) is 7.90. The van der Waals surface area contributed by atoms with Crippen molar-refractivity contribution >= 4 is 18.1 Å². The second kappa shape index (κ2) is 11.2. The molecule has 0 aliphatic heterocycles. The summed E-state index contributed by atoms with van der Waals surface area (Å²) in [4.78, 5) is 12.8. The molecule has 1 aromatic heterocycles. The Bertz CT molecular complexity index is 1270. The van der Waals surface area contributed by atoms with Crippen LogP contribution in [0.25, 0.3) is 11.1 Å². The third kappa shape index (κ3) is 5.62. The normalized spacial score (nSPS) is 16.9. The lowest BCUT2D eigenvalue weighted by Gasteiger charge is -2.15. The molecule has 8 heteroatoms. The molecule has 190 valence electrons. The van der Waals surface area contributed by atoms with Crippen LogP contribution in [0.3, 0.4) is 0 Å². The zero-order valence-electron chi connectivity index (χ0n) is 20.2. The first-order chi connectivity index (χ1) is 17.4. The molecule has 1 fully saturated rings. The van der Waals surface area contributed by atoms with Gasteiger partial charge in [-0.3, -0.25) is 4.79 Å². The Morgan fingerprint density at radius 1 is 1.14 bits per heavy atom. The van der Waals surface area contributed by atoms with Crippen LogP contribution in [0.2, 0.25) is 5.02 Å². The topological polar surface area (TPSA) is 68.7 Å². The average molecular weight is 516 g/mol. The van der Waals surface area contributed by atoms with Gasteiger partial charge in [0, 0.05) is 23.4 Å². The van der Waals surface area contributed by atoms with Crippen LogP contribution >= 0.6 is 11.6 Å². The number of pyridine rings is 1. The molecule has 1 saturated carbocycles. The predicted molar refractivity (Wildman–Crippen MR) is 134 cm³/mol. The predicted octanol–water partition coefficient (Wildman–Crippen LogP) is 7.11. The zero-order chi connectivity index (χ0) is 25.8. The van der Waals surface area contributed by atoms with Gasteiger partial charge in [0.25, 0.3) is 6.47 Å². The first-order valence-electron chi connectivity index (χ1n) is 12.0. The molecule has 2 aliphatic rings. The second-order valence-corrected chi connectivity index (χ2v) is 9.55. The third-order valence-corrected chi connectivity index (χ3v) is 6.95. The summed E-state index contributed by atoms with van der Waals surface area (Å²) < 4.78 is 40.7. The summed E-state index contributed by atoms with van der Waals surface area (Å²) in [5.74, 6) is 1.20. The van der Waals surface area contributed by atoms with Gasteiger partial charge in [0.2, 0.25) is 5.88 Å². The van der Waals surface area contributed by atoms with Gasteiger partial charge in [0.15, 0.2) is 11.6 Å². The Balaban J connectivity index is 0.000000967. The number of rotatable bonds is 8. The van der Waals surface area contributed by atoms with Crippen LogP contribution in [0.5, 0.6) is 11.6 Å². The molecule has 3 aromatic rings. The van der Waals surface area contributed by atoms with E-state index in [0.717, 1.165) is 30.7 Å². The van der Waals surface area contributed by atoms with Crippen molar-refractivity contribution in [1.29, 1.82) is 0 Å². The summed E-state index contributed by atoms with van der Waals surface area (Å²) in [5.41, 5.74) is 4.88. The first-order valence-corrected chi connectivity index (χ1v) is 12.3. The number of benzene rings is 2. The van der Waals surface area contributed by atoms with Crippen LogP contribution in [-0.2, 0) is 17.8 Å². The van der Waals surface area contributed by atoms with Crippen LogP contribution < -0.4 is 9.47 Å². The molecule has 0 saturated heterocycles. The molecular weight excluding hydrogens is 488 g/mol.